The van der Waals surface area contributed by atoms with Gasteiger partial charge in [0.05, 0.1) is 0 Å². The second kappa shape index (κ2) is 3.90. The van der Waals surface area contributed by atoms with Gasteiger partial charge in [0.2, 0.25) is 0 Å². The zero-order chi connectivity index (χ0) is 10.0. The first-order chi connectivity index (χ1) is 6.02. The smallest absolute Gasteiger partial charge is 0.423 e. The summed E-state index contributed by atoms with van der Waals surface area (Å²) in [6.07, 6.45) is 0. The van der Waals surface area contributed by atoms with Crippen LogP contribution in [0.25, 0.3) is 0 Å². The third kappa shape index (κ3) is 2.29. The van der Waals surface area contributed by atoms with Crippen LogP contribution in [0.1, 0.15) is 25.3 Å². The highest BCUT2D eigenvalue weighted by Crippen LogP contribution is 2.13. The standard InChI is InChI=1S/C9H12BFO2/c1-6(2)7-3-4-8(10(12)13)9(11)5-7/h3-6,12-13H,1-2H3. The van der Waals surface area contributed by atoms with E-state index < -0.39 is 12.9 Å². The van der Waals surface area contributed by atoms with Gasteiger partial charge in [-0.15, -0.1) is 0 Å². The predicted molar refractivity (Wildman–Crippen MR) is 50.3 cm³/mol. The van der Waals surface area contributed by atoms with E-state index in [0.29, 0.717) is 0 Å². The van der Waals surface area contributed by atoms with Gasteiger partial charge in [-0.1, -0.05) is 26.0 Å². The summed E-state index contributed by atoms with van der Waals surface area (Å²) >= 11 is 0. The first-order valence-electron chi connectivity index (χ1n) is 4.18. The number of hydrogen-bond donors (Lipinski definition) is 2. The molecule has 0 saturated heterocycles. The van der Waals surface area contributed by atoms with Crippen molar-refractivity contribution in [3.8, 4) is 0 Å². The minimum absolute atomic E-state index is 0.0793. The van der Waals surface area contributed by atoms with Crippen LogP contribution in [0, 0.1) is 5.82 Å². The van der Waals surface area contributed by atoms with E-state index in [0.717, 1.165) is 5.56 Å². The largest absolute Gasteiger partial charge is 0.491 e. The predicted octanol–water partition coefficient (Wildman–Crippen LogP) is 0.629. The van der Waals surface area contributed by atoms with Crippen LogP contribution in [0.5, 0.6) is 0 Å². The molecular weight excluding hydrogens is 170 g/mol. The van der Waals surface area contributed by atoms with Crippen molar-refractivity contribution in [3.63, 3.8) is 0 Å². The zero-order valence-corrected chi connectivity index (χ0v) is 7.66. The van der Waals surface area contributed by atoms with Crippen LogP contribution in [0.15, 0.2) is 18.2 Å². The van der Waals surface area contributed by atoms with Gasteiger partial charge in [-0.25, -0.2) is 4.39 Å². The van der Waals surface area contributed by atoms with Crippen LogP contribution in [-0.2, 0) is 0 Å². The van der Waals surface area contributed by atoms with E-state index in [9.17, 15) is 4.39 Å². The topological polar surface area (TPSA) is 40.5 Å². The Morgan fingerprint density at radius 3 is 2.31 bits per heavy atom. The molecule has 4 heteroatoms. The quantitative estimate of drug-likeness (QED) is 0.658. The molecule has 0 bridgehead atoms. The minimum Gasteiger partial charge on any atom is -0.423 e. The molecule has 0 aromatic heterocycles. The van der Waals surface area contributed by atoms with Crippen LogP contribution in [0.2, 0.25) is 0 Å². The molecule has 0 amide bonds. The maximum Gasteiger partial charge on any atom is 0.491 e. The van der Waals surface area contributed by atoms with Crippen LogP contribution in [0.4, 0.5) is 4.39 Å². The summed E-state index contributed by atoms with van der Waals surface area (Å²) in [7, 11) is -1.73. The molecule has 1 aromatic rings. The second-order valence-corrected chi connectivity index (χ2v) is 3.31. The molecule has 0 aliphatic heterocycles. The average Bonchev–Trinajstić information content (AvgIpc) is 2.03. The Hall–Kier alpha value is -0.865. The van der Waals surface area contributed by atoms with Crippen molar-refractivity contribution in [2.45, 2.75) is 19.8 Å². The molecule has 0 atom stereocenters. The lowest BCUT2D eigenvalue weighted by molar-refractivity contribution is 0.423. The monoisotopic (exact) mass is 182 g/mol. The Morgan fingerprint density at radius 1 is 1.31 bits per heavy atom. The van der Waals surface area contributed by atoms with Crippen molar-refractivity contribution in [1.29, 1.82) is 0 Å². The first-order valence-corrected chi connectivity index (χ1v) is 4.18. The fraction of sp³-hybridized carbons (Fsp3) is 0.333. The van der Waals surface area contributed by atoms with Gasteiger partial charge in [0.15, 0.2) is 0 Å². The van der Waals surface area contributed by atoms with Gasteiger partial charge in [0, 0.05) is 5.46 Å². The Bertz CT molecular complexity index is 300. The van der Waals surface area contributed by atoms with E-state index in [1.165, 1.54) is 12.1 Å². The van der Waals surface area contributed by atoms with E-state index in [2.05, 4.69) is 0 Å². The van der Waals surface area contributed by atoms with Gasteiger partial charge in [0.1, 0.15) is 5.82 Å². The third-order valence-corrected chi connectivity index (χ3v) is 1.97. The maximum atomic E-state index is 13.1. The lowest BCUT2D eigenvalue weighted by Gasteiger charge is -2.07. The van der Waals surface area contributed by atoms with E-state index in [1.807, 2.05) is 13.8 Å². The van der Waals surface area contributed by atoms with Crippen molar-refractivity contribution >= 4 is 12.6 Å². The molecule has 0 radical (unpaired) electrons. The van der Waals surface area contributed by atoms with Crippen molar-refractivity contribution in [1.82, 2.24) is 0 Å². The van der Waals surface area contributed by atoms with Gasteiger partial charge in [0.25, 0.3) is 0 Å². The average molecular weight is 182 g/mol. The molecule has 2 N–H and O–H groups in total. The highest BCUT2D eigenvalue weighted by atomic mass is 19.1. The number of hydrogen-bond acceptors (Lipinski definition) is 2. The maximum absolute atomic E-state index is 13.1. The molecule has 13 heavy (non-hydrogen) atoms. The fourth-order valence-corrected chi connectivity index (χ4v) is 1.11. The van der Waals surface area contributed by atoms with E-state index >= 15 is 0 Å². The van der Waals surface area contributed by atoms with E-state index in [4.69, 9.17) is 10.0 Å². The van der Waals surface area contributed by atoms with Gasteiger partial charge >= 0.3 is 7.12 Å². The molecule has 1 aromatic carbocycles. The first kappa shape index (κ1) is 10.2. The highest BCUT2D eigenvalue weighted by molar-refractivity contribution is 6.58. The van der Waals surface area contributed by atoms with Crippen molar-refractivity contribution < 1.29 is 14.4 Å². The number of halogens is 1. The van der Waals surface area contributed by atoms with Crippen molar-refractivity contribution in [3.05, 3.63) is 29.6 Å². The molecule has 0 aliphatic rings. The van der Waals surface area contributed by atoms with Crippen LogP contribution >= 0.6 is 0 Å². The lowest BCUT2D eigenvalue weighted by Crippen LogP contribution is -2.32. The van der Waals surface area contributed by atoms with Gasteiger partial charge in [-0.3, -0.25) is 0 Å². The van der Waals surface area contributed by atoms with Crippen molar-refractivity contribution in [2.75, 3.05) is 0 Å². The molecule has 1 rings (SSSR count). The van der Waals surface area contributed by atoms with Crippen molar-refractivity contribution in [2.24, 2.45) is 0 Å². The summed E-state index contributed by atoms with van der Waals surface area (Å²) in [6.45, 7) is 3.90. The van der Waals surface area contributed by atoms with E-state index in [1.54, 1.807) is 6.07 Å². The lowest BCUT2D eigenvalue weighted by atomic mass is 9.79. The third-order valence-electron chi connectivity index (χ3n) is 1.97. The SMILES string of the molecule is CC(C)c1ccc(B(O)O)c(F)c1. The Balaban J connectivity index is 3.06. The Labute approximate surface area is 77.2 Å². The molecule has 0 aliphatic carbocycles. The molecule has 2 nitrogen and oxygen atoms in total. The summed E-state index contributed by atoms with van der Waals surface area (Å²) in [5, 5.41) is 17.5. The zero-order valence-electron chi connectivity index (χ0n) is 7.66. The summed E-state index contributed by atoms with van der Waals surface area (Å²) < 4.78 is 13.1. The summed E-state index contributed by atoms with van der Waals surface area (Å²) in [5.74, 6) is -0.333. The normalized spacial score (nSPS) is 10.6. The second-order valence-electron chi connectivity index (χ2n) is 3.31. The molecule has 0 unspecified atom stereocenters. The van der Waals surface area contributed by atoms with Gasteiger partial charge < -0.3 is 10.0 Å². The summed E-state index contributed by atoms with van der Waals surface area (Å²) in [4.78, 5) is 0. The number of rotatable bonds is 2. The highest BCUT2D eigenvalue weighted by Gasteiger charge is 2.16. The fourth-order valence-electron chi connectivity index (χ4n) is 1.11. The van der Waals surface area contributed by atoms with Crippen LogP contribution < -0.4 is 5.46 Å². The van der Waals surface area contributed by atoms with Gasteiger partial charge in [-0.2, -0.15) is 0 Å². The summed E-state index contributed by atoms with van der Waals surface area (Å²) in [6, 6.07) is 4.43. The number of benzene rings is 1. The molecule has 0 saturated carbocycles. The minimum atomic E-state index is -1.73. The van der Waals surface area contributed by atoms with Crippen LogP contribution in [0.3, 0.4) is 0 Å². The van der Waals surface area contributed by atoms with Crippen LogP contribution in [-0.4, -0.2) is 17.2 Å². The van der Waals surface area contributed by atoms with E-state index in [-0.39, 0.29) is 11.4 Å². The van der Waals surface area contributed by atoms with Gasteiger partial charge in [-0.05, 0) is 17.5 Å². The molecule has 0 heterocycles. The Kier molecular flexibility index (Phi) is 3.06. The molecule has 0 spiro atoms. The molecular formula is C9H12BFO2. The molecule has 70 valence electrons. The Morgan fingerprint density at radius 2 is 1.92 bits per heavy atom. The molecule has 0 fully saturated rings. The summed E-state index contributed by atoms with van der Waals surface area (Å²) in [5.41, 5.74) is 0.770.